The van der Waals surface area contributed by atoms with E-state index in [9.17, 15) is 9.18 Å². The predicted octanol–water partition coefficient (Wildman–Crippen LogP) is 3.74. The lowest BCUT2D eigenvalue weighted by atomic mass is 10.1. The van der Waals surface area contributed by atoms with Gasteiger partial charge in [0.15, 0.2) is 0 Å². The van der Waals surface area contributed by atoms with Crippen LogP contribution < -0.4 is 4.90 Å². The highest BCUT2D eigenvalue weighted by Crippen LogP contribution is 2.31. The van der Waals surface area contributed by atoms with Crippen molar-refractivity contribution in [2.24, 2.45) is 0 Å². The number of hydrogen-bond donors (Lipinski definition) is 1. The molecule has 3 rings (SSSR count). The fraction of sp³-hybridized carbons (Fsp3) is 0.188. The van der Waals surface area contributed by atoms with Crippen LogP contribution in [0.4, 0.5) is 10.1 Å². The van der Waals surface area contributed by atoms with Gasteiger partial charge in [-0.3, -0.25) is 0 Å². The fourth-order valence-electron chi connectivity index (χ4n) is 2.60. The van der Waals surface area contributed by atoms with Crippen molar-refractivity contribution in [3.8, 4) is 0 Å². The number of aromatic carboxylic acids is 1. The normalized spacial score (nSPS) is 13.3. The maximum atomic E-state index is 13.9. The standard InChI is InChI=1S/C16H13ClFNO2/c17-13-4-3-12(14(18)8-13)9-19-6-5-10-1-2-11(16(20)21)7-15(10)19/h1-4,7-8H,5-6,9H2,(H,20,21). The van der Waals surface area contributed by atoms with E-state index in [4.69, 9.17) is 16.7 Å². The summed E-state index contributed by atoms with van der Waals surface area (Å²) >= 11 is 5.75. The van der Waals surface area contributed by atoms with E-state index < -0.39 is 5.97 Å². The first-order chi connectivity index (χ1) is 10.0. The zero-order valence-electron chi connectivity index (χ0n) is 11.1. The predicted molar refractivity (Wildman–Crippen MR) is 79.6 cm³/mol. The van der Waals surface area contributed by atoms with Crippen molar-refractivity contribution in [2.45, 2.75) is 13.0 Å². The van der Waals surface area contributed by atoms with Crippen molar-refractivity contribution in [1.29, 1.82) is 0 Å². The molecule has 2 aromatic carbocycles. The van der Waals surface area contributed by atoms with Crippen molar-refractivity contribution < 1.29 is 14.3 Å². The second-order valence-corrected chi connectivity index (χ2v) is 5.49. The number of nitrogens with zero attached hydrogens (tertiary/aromatic N) is 1. The number of benzene rings is 2. The van der Waals surface area contributed by atoms with Crippen LogP contribution in [0.3, 0.4) is 0 Å². The van der Waals surface area contributed by atoms with Crippen LogP contribution in [0, 0.1) is 5.82 Å². The molecule has 0 aliphatic carbocycles. The lowest BCUT2D eigenvalue weighted by Crippen LogP contribution is -2.20. The van der Waals surface area contributed by atoms with Crippen molar-refractivity contribution >= 4 is 23.3 Å². The molecule has 1 aliphatic heterocycles. The smallest absolute Gasteiger partial charge is 0.335 e. The summed E-state index contributed by atoms with van der Waals surface area (Å²) in [5.41, 5.74) is 2.75. The Kier molecular flexibility index (Phi) is 3.55. The van der Waals surface area contributed by atoms with Crippen LogP contribution in [0.25, 0.3) is 0 Å². The summed E-state index contributed by atoms with van der Waals surface area (Å²) in [5.74, 6) is -1.30. The van der Waals surface area contributed by atoms with E-state index in [1.807, 2.05) is 11.0 Å². The van der Waals surface area contributed by atoms with Gasteiger partial charge in [-0.1, -0.05) is 23.7 Å². The minimum absolute atomic E-state index is 0.247. The molecule has 1 heterocycles. The molecule has 21 heavy (non-hydrogen) atoms. The molecule has 3 nitrogen and oxygen atoms in total. The summed E-state index contributed by atoms with van der Waals surface area (Å²) in [6, 6.07) is 9.70. The molecular weight excluding hydrogens is 293 g/mol. The number of halogens is 2. The highest BCUT2D eigenvalue weighted by atomic mass is 35.5. The lowest BCUT2D eigenvalue weighted by Gasteiger charge is -2.20. The van der Waals surface area contributed by atoms with E-state index >= 15 is 0 Å². The van der Waals surface area contributed by atoms with Crippen molar-refractivity contribution in [3.05, 3.63) is 63.9 Å². The Hall–Kier alpha value is -2.07. The molecular formula is C16H13ClFNO2. The number of carboxylic acids is 1. The van der Waals surface area contributed by atoms with Gasteiger partial charge in [0.1, 0.15) is 5.82 Å². The number of hydrogen-bond acceptors (Lipinski definition) is 2. The molecule has 0 atom stereocenters. The Morgan fingerprint density at radius 3 is 2.81 bits per heavy atom. The van der Waals surface area contributed by atoms with Gasteiger partial charge in [0.25, 0.3) is 0 Å². The van der Waals surface area contributed by atoms with Crippen LogP contribution in [0.15, 0.2) is 36.4 Å². The van der Waals surface area contributed by atoms with Crippen molar-refractivity contribution in [1.82, 2.24) is 0 Å². The van der Waals surface area contributed by atoms with Crippen LogP contribution in [-0.4, -0.2) is 17.6 Å². The van der Waals surface area contributed by atoms with Gasteiger partial charge in [-0.15, -0.1) is 0 Å². The van der Waals surface area contributed by atoms with Crippen LogP contribution >= 0.6 is 11.6 Å². The number of fused-ring (bicyclic) bond motifs is 1. The zero-order chi connectivity index (χ0) is 15.0. The second kappa shape index (κ2) is 5.37. The third-order valence-electron chi connectivity index (χ3n) is 3.70. The highest BCUT2D eigenvalue weighted by Gasteiger charge is 2.21. The summed E-state index contributed by atoms with van der Waals surface area (Å²) in [6.07, 6.45) is 0.838. The average Bonchev–Trinajstić information content (AvgIpc) is 2.84. The van der Waals surface area contributed by atoms with Crippen LogP contribution in [0.1, 0.15) is 21.5 Å². The summed E-state index contributed by atoms with van der Waals surface area (Å²) in [6.45, 7) is 1.15. The first kappa shape index (κ1) is 13.9. The molecule has 1 aliphatic rings. The first-order valence-electron chi connectivity index (χ1n) is 6.59. The van der Waals surface area contributed by atoms with E-state index in [1.54, 1.807) is 24.3 Å². The van der Waals surface area contributed by atoms with Gasteiger partial charge < -0.3 is 10.0 Å². The van der Waals surface area contributed by atoms with Gasteiger partial charge in [0.05, 0.1) is 5.56 Å². The summed E-state index contributed by atoms with van der Waals surface area (Å²) < 4.78 is 13.9. The molecule has 1 N–H and O–H groups in total. The zero-order valence-corrected chi connectivity index (χ0v) is 11.9. The molecule has 108 valence electrons. The SMILES string of the molecule is O=C(O)c1ccc2c(c1)N(Cc1ccc(Cl)cc1F)CC2. The van der Waals surface area contributed by atoms with Gasteiger partial charge in [-0.05, 0) is 36.2 Å². The van der Waals surface area contributed by atoms with E-state index in [1.165, 1.54) is 6.07 Å². The van der Waals surface area contributed by atoms with Gasteiger partial charge in [0.2, 0.25) is 0 Å². The molecule has 0 amide bonds. The molecule has 0 aromatic heterocycles. The molecule has 0 fully saturated rings. The second-order valence-electron chi connectivity index (χ2n) is 5.06. The molecule has 0 bridgehead atoms. The number of carboxylic acid groups (broad SMARTS) is 1. The molecule has 0 saturated carbocycles. The van der Waals surface area contributed by atoms with Gasteiger partial charge in [-0.25, -0.2) is 9.18 Å². The van der Waals surface area contributed by atoms with Gasteiger partial charge in [-0.2, -0.15) is 0 Å². The molecule has 5 heteroatoms. The molecule has 2 aromatic rings. The fourth-order valence-corrected chi connectivity index (χ4v) is 2.76. The topological polar surface area (TPSA) is 40.5 Å². The highest BCUT2D eigenvalue weighted by molar-refractivity contribution is 6.30. The maximum absolute atomic E-state index is 13.9. The van der Waals surface area contributed by atoms with Gasteiger partial charge in [0, 0.05) is 29.4 Å². The Bertz CT molecular complexity index is 717. The summed E-state index contributed by atoms with van der Waals surface area (Å²) in [5, 5.41) is 9.44. The van der Waals surface area contributed by atoms with Crippen LogP contribution in [0.2, 0.25) is 5.02 Å². The average molecular weight is 306 g/mol. The van der Waals surface area contributed by atoms with Crippen molar-refractivity contribution in [3.63, 3.8) is 0 Å². The summed E-state index contributed by atoms with van der Waals surface area (Å²) in [4.78, 5) is 13.1. The Morgan fingerprint density at radius 1 is 1.29 bits per heavy atom. The van der Waals surface area contributed by atoms with Gasteiger partial charge >= 0.3 is 5.97 Å². The molecule has 0 radical (unpaired) electrons. The maximum Gasteiger partial charge on any atom is 0.335 e. The van der Waals surface area contributed by atoms with Crippen molar-refractivity contribution in [2.75, 3.05) is 11.4 Å². The number of anilines is 1. The van der Waals surface area contributed by atoms with E-state index in [0.717, 1.165) is 24.2 Å². The monoisotopic (exact) mass is 305 g/mol. The van der Waals surface area contributed by atoms with E-state index in [2.05, 4.69) is 0 Å². The van der Waals surface area contributed by atoms with E-state index in [0.29, 0.717) is 17.1 Å². The number of carbonyl (C=O) groups is 1. The number of rotatable bonds is 3. The Labute approximate surface area is 126 Å². The minimum Gasteiger partial charge on any atom is -0.478 e. The lowest BCUT2D eigenvalue weighted by molar-refractivity contribution is 0.0697. The largest absolute Gasteiger partial charge is 0.478 e. The quantitative estimate of drug-likeness (QED) is 0.939. The Morgan fingerprint density at radius 2 is 2.10 bits per heavy atom. The molecule has 0 saturated heterocycles. The molecule has 0 spiro atoms. The Balaban J connectivity index is 1.90. The first-order valence-corrected chi connectivity index (χ1v) is 6.97. The van der Waals surface area contributed by atoms with Crippen LogP contribution in [0.5, 0.6) is 0 Å². The third kappa shape index (κ3) is 2.72. The summed E-state index contributed by atoms with van der Waals surface area (Å²) in [7, 11) is 0. The van der Waals surface area contributed by atoms with Crippen LogP contribution in [-0.2, 0) is 13.0 Å². The van der Waals surface area contributed by atoms with E-state index in [-0.39, 0.29) is 11.4 Å². The molecule has 0 unspecified atom stereocenters. The minimum atomic E-state index is -0.956. The third-order valence-corrected chi connectivity index (χ3v) is 3.94.